The molecule has 11 rings (SSSR count). The zero-order valence-electron chi connectivity index (χ0n) is 38.2. The lowest BCUT2D eigenvalue weighted by Crippen LogP contribution is -2.27. The molecule has 0 amide bonds. The third-order valence-corrected chi connectivity index (χ3v) is 14.2. The summed E-state index contributed by atoms with van der Waals surface area (Å²) < 4.78 is 2.51. The fraction of sp³-hybridized carbons (Fsp3) is 0.108. The van der Waals surface area contributed by atoms with Gasteiger partial charge in [-0.2, -0.15) is 0 Å². The van der Waals surface area contributed by atoms with E-state index in [2.05, 4.69) is 242 Å². The van der Waals surface area contributed by atoms with Crippen LogP contribution in [0.5, 0.6) is 0 Å². The minimum Gasteiger partial charge on any atom is -0.310 e. The zero-order valence-corrected chi connectivity index (χ0v) is 38.2. The Morgan fingerprint density at radius 1 is 0.448 bits per heavy atom. The van der Waals surface area contributed by atoms with E-state index < -0.39 is 0 Å². The summed E-state index contributed by atoms with van der Waals surface area (Å²) in [6.07, 6.45) is 9.55. The molecule has 1 aliphatic carbocycles. The Hall–Kier alpha value is -7.94. The third kappa shape index (κ3) is 7.40. The maximum absolute atomic E-state index is 3.99. The molecule has 1 unspecified atom stereocenters. The first kappa shape index (κ1) is 41.7. The predicted molar refractivity (Wildman–Crippen MR) is 287 cm³/mol. The summed E-state index contributed by atoms with van der Waals surface area (Å²) in [5.41, 5.74) is 20.3. The minimum absolute atomic E-state index is 0.376. The Bertz CT molecular complexity index is 3250. The van der Waals surface area contributed by atoms with Gasteiger partial charge in [-0.05, 0) is 140 Å². The van der Waals surface area contributed by atoms with Crippen molar-refractivity contribution in [1.82, 2.24) is 4.57 Å². The van der Waals surface area contributed by atoms with Gasteiger partial charge < -0.3 is 9.47 Å². The number of rotatable bonds is 14. The molecule has 1 aromatic heterocycles. The smallest absolute Gasteiger partial charge is 0.0541 e. The Morgan fingerprint density at radius 3 is 1.46 bits per heavy atom. The molecular weight excluding hydrogens is 809 g/mol. The Kier molecular flexibility index (Phi) is 11.1. The summed E-state index contributed by atoms with van der Waals surface area (Å²) in [7, 11) is 0. The number of hydrogen-bond acceptors (Lipinski definition) is 1. The maximum Gasteiger partial charge on any atom is 0.0541 e. The van der Waals surface area contributed by atoms with Crippen molar-refractivity contribution in [2.24, 2.45) is 0 Å². The molecule has 2 nitrogen and oxygen atoms in total. The van der Waals surface area contributed by atoms with Crippen LogP contribution in [0.1, 0.15) is 66.8 Å². The summed E-state index contributed by atoms with van der Waals surface area (Å²) in [5, 5.41) is 2.46. The average Bonchev–Trinajstić information content (AvgIpc) is 3.87. The number of benzene rings is 9. The highest BCUT2D eigenvalue weighted by Crippen LogP contribution is 2.57. The molecule has 2 heteroatoms. The lowest BCUT2D eigenvalue weighted by Gasteiger charge is -2.35. The largest absolute Gasteiger partial charge is 0.310 e. The fourth-order valence-corrected chi connectivity index (χ4v) is 10.8. The molecule has 67 heavy (non-hydrogen) atoms. The van der Waals surface area contributed by atoms with Gasteiger partial charge in [0.15, 0.2) is 0 Å². The van der Waals surface area contributed by atoms with E-state index in [1.165, 1.54) is 96.8 Å². The number of unbranched alkanes of at least 4 members (excludes halogenated alkanes) is 3. The quantitative estimate of drug-likeness (QED) is 0.0989. The molecule has 0 saturated heterocycles. The second-order valence-electron chi connectivity index (χ2n) is 18.0. The van der Waals surface area contributed by atoms with Crippen LogP contribution in [0.25, 0.3) is 73.0 Å². The van der Waals surface area contributed by atoms with Gasteiger partial charge in [-0.3, -0.25) is 0 Å². The summed E-state index contributed by atoms with van der Waals surface area (Å²) in [6, 6.07) is 78.9. The van der Waals surface area contributed by atoms with Crippen LogP contribution in [0.3, 0.4) is 0 Å². The number of nitrogens with zero attached hydrogens (tertiary/aromatic N) is 2. The van der Waals surface area contributed by atoms with Crippen LogP contribution in [0, 0.1) is 0 Å². The summed E-state index contributed by atoms with van der Waals surface area (Å²) in [6.45, 7) is 10.3. The van der Waals surface area contributed by atoms with Gasteiger partial charge in [0.25, 0.3) is 0 Å². The molecule has 1 atom stereocenters. The van der Waals surface area contributed by atoms with Crippen molar-refractivity contribution in [1.29, 1.82) is 0 Å². The van der Waals surface area contributed by atoms with Gasteiger partial charge in [0.2, 0.25) is 0 Å². The van der Waals surface area contributed by atoms with Gasteiger partial charge >= 0.3 is 0 Å². The Balaban J connectivity index is 1.13. The van der Waals surface area contributed by atoms with Crippen molar-refractivity contribution in [2.45, 2.75) is 44.4 Å². The Labute approximate surface area is 395 Å². The molecule has 0 spiro atoms. The number of para-hydroxylation sites is 2. The van der Waals surface area contributed by atoms with Gasteiger partial charge in [0, 0.05) is 38.9 Å². The normalized spacial score (nSPS) is 13.9. The van der Waals surface area contributed by atoms with Crippen molar-refractivity contribution >= 4 is 51.0 Å². The monoisotopic (exact) mass is 862 g/mol. The SMILES string of the molecule is C=Cc1ccc(-c2ccc3c(c2)c2cc(-c4ccc(C=C)cc4)ccc2n3-c2ccc3c(c2)C(CCCCCC)(c2ccccc2)c2cc(N(c4ccccc4)c4ccccc4)ccc2-3)cc1. The topological polar surface area (TPSA) is 8.17 Å². The molecule has 0 radical (unpaired) electrons. The standard InChI is InChI=1S/C65H54N2/c1-4-7-8-18-41-65(52-19-12-9-13-20-52)61-44-55(66(53-21-14-10-15-22-53)54-23-16-11-17-24-54)35-37-57(61)58-38-36-56(45-62(58)65)67-63-39-33-50(48-29-25-46(5-2)26-30-48)42-59(63)60-43-51(34-40-64(60)67)49-31-27-47(6-3)28-32-49/h5-6,9-17,19-40,42-45H,2-4,7-8,18,41H2,1H3. The molecule has 0 N–H and O–H groups in total. The summed E-state index contributed by atoms with van der Waals surface area (Å²) in [5.74, 6) is 0. The van der Waals surface area contributed by atoms with Crippen molar-refractivity contribution in [2.75, 3.05) is 4.90 Å². The van der Waals surface area contributed by atoms with Crippen LogP contribution in [-0.2, 0) is 5.41 Å². The minimum atomic E-state index is -0.376. The van der Waals surface area contributed by atoms with Gasteiger partial charge in [-0.1, -0.05) is 197 Å². The molecule has 0 bridgehead atoms. The predicted octanol–water partition coefficient (Wildman–Crippen LogP) is 18.2. The van der Waals surface area contributed by atoms with E-state index in [-0.39, 0.29) is 5.41 Å². The van der Waals surface area contributed by atoms with E-state index in [0.717, 1.165) is 41.0 Å². The number of aromatic nitrogens is 1. The van der Waals surface area contributed by atoms with Crippen LogP contribution in [-0.4, -0.2) is 4.57 Å². The highest BCUT2D eigenvalue weighted by molar-refractivity contribution is 6.12. The van der Waals surface area contributed by atoms with Crippen LogP contribution in [0.2, 0.25) is 0 Å². The van der Waals surface area contributed by atoms with E-state index in [1.54, 1.807) is 0 Å². The first-order valence-corrected chi connectivity index (χ1v) is 23.9. The van der Waals surface area contributed by atoms with Gasteiger partial charge in [-0.25, -0.2) is 0 Å². The van der Waals surface area contributed by atoms with Crippen molar-refractivity contribution in [3.63, 3.8) is 0 Å². The van der Waals surface area contributed by atoms with Crippen LogP contribution >= 0.6 is 0 Å². The fourth-order valence-electron chi connectivity index (χ4n) is 10.8. The second kappa shape index (κ2) is 17.8. The molecular formula is C65H54N2. The van der Waals surface area contributed by atoms with E-state index >= 15 is 0 Å². The van der Waals surface area contributed by atoms with E-state index in [9.17, 15) is 0 Å². The highest BCUT2D eigenvalue weighted by atomic mass is 15.1. The molecule has 1 aliphatic rings. The highest BCUT2D eigenvalue weighted by Gasteiger charge is 2.45. The molecule has 1 heterocycles. The third-order valence-electron chi connectivity index (χ3n) is 14.2. The van der Waals surface area contributed by atoms with E-state index in [0.29, 0.717) is 0 Å². The molecule has 9 aromatic carbocycles. The van der Waals surface area contributed by atoms with Crippen LogP contribution in [0.15, 0.2) is 225 Å². The summed E-state index contributed by atoms with van der Waals surface area (Å²) >= 11 is 0. The van der Waals surface area contributed by atoms with Crippen molar-refractivity contribution in [3.05, 3.63) is 253 Å². The number of fused-ring (bicyclic) bond motifs is 6. The lowest BCUT2D eigenvalue weighted by molar-refractivity contribution is 0.516. The van der Waals surface area contributed by atoms with Gasteiger partial charge in [0.1, 0.15) is 0 Å². The first-order chi connectivity index (χ1) is 33.1. The maximum atomic E-state index is 3.99. The molecule has 0 aliphatic heterocycles. The molecule has 0 saturated carbocycles. The number of hydrogen-bond donors (Lipinski definition) is 0. The van der Waals surface area contributed by atoms with Crippen LogP contribution < -0.4 is 4.90 Å². The van der Waals surface area contributed by atoms with E-state index in [4.69, 9.17) is 0 Å². The van der Waals surface area contributed by atoms with Crippen molar-refractivity contribution < 1.29 is 0 Å². The van der Waals surface area contributed by atoms with Gasteiger partial charge in [0.05, 0.1) is 11.0 Å². The van der Waals surface area contributed by atoms with Crippen molar-refractivity contribution in [3.8, 4) is 39.1 Å². The lowest BCUT2D eigenvalue weighted by atomic mass is 9.69. The second-order valence-corrected chi connectivity index (χ2v) is 18.0. The summed E-state index contributed by atoms with van der Waals surface area (Å²) in [4.78, 5) is 2.41. The van der Waals surface area contributed by atoms with E-state index in [1.807, 2.05) is 12.2 Å². The number of anilines is 3. The molecule has 10 aromatic rings. The van der Waals surface area contributed by atoms with Gasteiger partial charge in [-0.15, -0.1) is 0 Å². The molecule has 324 valence electrons. The average molecular weight is 863 g/mol. The zero-order chi connectivity index (χ0) is 45.3. The first-order valence-electron chi connectivity index (χ1n) is 23.9. The molecule has 0 fully saturated rings. The van der Waals surface area contributed by atoms with Crippen LogP contribution in [0.4, 0.5) is 17.1 Å². The Morgan fingerprint density at radius 2 is 0.940 bits per heavy atom.